The zero-order chi connectivity index (χ0) is 20.4. The molecular formula is C21H28BrIN4O2. The number of guanidine groups is 1. The molecule has 8 heteroatoms. The van der Waals surface area contributed by atoms with Crippen LogP contribution in [-0.2, 0) is 4.79 Å². The van der Waals surface area contributed by atoms with Gasteiger partial charge in [-0.05, 0) is 36.2 Å². The second-order valence-corrected chi connectivity index (χ2v) is 7.34. The summed E-state index contributed by atoms with van der Waals surface area (Å²) in [6.07, 6.45) is 0.318. The lowest BCUT2D eigenvalue weighted by molar-refractivity contribution is -0.116. The van der Waals surface area contributed by atoms with E-state index in [0.717, 1.165) is 21.3 Å². The first-order chi connectivity index (χ1) is 13.5. The Labute approximate surface area is 197 Å². The van der Waals surface area contributed by atoms with E-state index in [9.17, 15) is 9.90 Å². The third-order valence-electron chi connectivity index (χ3n) is 4.34. The summed E-state index contributed by atoms with van der Waals surface area (Å²) < 4.78 is 0.983. The Kier molecular flexibility index (Phi) is 11.9. The van der Waals surface area contributed by atoms with Crippen molar-refractivity contribution in [3.63, 3.8) is 0 Å². The van der Waals surface area contributed by atoms with E-state index in [1.165, 1.54) is 0 Å². The number of rotatable bonds is 8. The number of nitrogens with one attached hydrogen (secondary N) is 3. The number of aryl methyl sites for hydroxylation is 1. The molecule has 0 spiro atoms. The number of hydrogen-bond acceptors (Lipinski definition) is 3. The Hall–Kier alpha value is -1.65. The summed E-state index contributed by atoms with van der Waals surface area (Å²) in [6.45, 7) is 3.00. The number of carbonyl (C=O) groups excluding carboxylic acids is 1. The average Bonchev–Trinajstić information content (AvgIpc) is 2.70. The first kappa shape index (κ1) is 25.4. The van der Waals surface area contributed by atoms with Crippen LogP contribution in [0.25, 0.3) is 0 Å². The number of aliphatic hydroxyl groups is 1. The summed E-state index contributed by atoms with van der Waals surface area (Å²) in [5, 5.41) is 18.9. The van der Waals surface area contributed by atoms with Gasteiger partial charge in [-0.2, -0.15) is 0 Å². The number of nitrogens with zero attached hydrogens (tertiary/aromatic N) is 1. The lowest BCUT2D eigenvalue weighted by Crippen LogP contribution is -2.41. The van der Waals surface area contributed by atoms with E-state index in [1.807, 2.05) is 55.5 Å². The number of carbonyl (C=O) groups is 1. The molecule has 0 bridgehead atoms. The van der Waals surface area contributed by atoms with E-state index < -0.39 is 0 Å². The third-order valence-corrected chi connectivity index (χ3v) is 4.83. The molecule has 0 radical (unpaired) electrons. The molecule has 0 saturated carbocycles. The van der Waals surface area contributed by atoms with Crippen LogP contribution in [0, 0.1) is 6.92 Å². The molecule has 0 aliphatic heterocycles. The maximum absolute atomic E-state index is 12.2. The van der Waals surface area contributed by atoms with Gasteiger partial charge >= 0.3 is 0 Å². The molecule has 1 amide bonds. The van der Waals surface area contributed by atoms with Crippen molar-refractivity contribution in [3.8, 4) is 0 Å². The molecule has 0 fully saturated rings. The highest BCUT2D eigenvalue weighted by molar-refractivity contribution is 14.0. The maximum Gasteiger partial charge on any atom is 0.226 e. The number of hydrogen-bond donors (Lipinski definition) is 4. The van der Waals surface area contributed by atoms with Crippen LogP contribution in [0.4, 0.5) is 5.69 Å². The Morgan fingerprint density at radius 2 is 1.90 bits per heavy atom. The fraction of sp³-hybridized carbons (Fsp3) is 0.333. The number of halogens is 2. The quantitative estimate of drug-likeness (QED) is 0.220. The second kappa shape index (κ2) is 13.6. The predicted octanol–water partition coefficient (Wildman–Crippen LogP) is 3.65. The molecule has 29 heavy (non-hydrogen) atoms. The topological polar surface area (TPSA) is 85.8 Å². The van der Waals surface area contributed by atoms with Gasteiger partial charge in [0.15, 0.2) is 5.96 Å². The fourth-order valence-corrected chi connectivity index (χ4v) is 3.20. The number of anilines is 1. The number of aliphatic hydroxyl groups excluding tert-OH is 1. The Bertz CT molecular complexity index is 803. The SMILES string of the molecule is CN=C(NCCC(=O)Nc1ccc(Br)cc1C)NCC(CO)c1ccccc1.I. The molecule has 2 aromatic carbocycles. The Balaban J connectivity index is 0.00000420. The van der Waals surface area contributed by atoms with E-state index in [-0.39, 0.29) is 42.4 Å². The van der Waals surface area contributed by atoms with Gasteiger partial charge in [-0.3, -0.25) is 9.79 Å². The zero-order valence-electron chi connectivity index (χ0n) is 16.6. The van der Waals surface area contributed by atoms with Gasteiger partial charge in [0.2, 0.25) is 5.91 Å². The summed E-state index contributed by atoms with van der Waals surface area (Å²) in [5.41, 5.74) is 2.88. The van der Waals surface area contributed by atoms with Gasteiger partial charge < -0.3 is 21.1 Å². The largest absolute Gasteiger partial charge is 0.396 e. The van der Waals surface area contributed by atoms with Gasteiger partial charge in [0.1, 0.15) is 0 Å². The van der Waals surface area contributed by atoms with Crippen molar-refractivity contribution in [2.45, 2.75) is 19.3 Å². The van der Waals surface area contributed by atoms with Gasteiger partial charge in [0.05, 0.1) is 6.61 Å². The van der Waals surface area contributed by atoms with Crippen molar-refractivity contribution in [1.29, 1.82) is 0 Å². The first-order valence-corrected chi connectivity index (χ1v) is 9.99. The Morgan fingerprint density at radius 3 is 2.52 bits per heavy atom. The zero-order valence-corrected chi connectivity index (χ0v) is 20.5. The molecule has 158 valence electrons. The predicted molar refractivity (Wildman–Crippen MR) is 133 cm³/mol. The lowest BCUT2D eigenvalue weighted by Gasteiger charge is -2.18. The molecule has 6 nitrogen and oxygen atoms in total. The highest BCUT2D eigenvalue weighted by Crippen LogP contribution is 2.20. The van der Waals surface area contributed by atoms with Crippen LogP contribution in [0.3, 0.4) is 0 Å². The third kappa shape index (κ3) is 8.71. The second-order valence-electron chi connectivity index (χ2n) is 6.43. The molecule has 0 aliphatic carbocycles. The van der Waals surface area contributed by atoms with Crippen molar-refractivity contribution >= 4 is 57.5 Å². The van der Waals surface area contributed by atoms with Crippen molar-refractivity contribution in [3.05, 3.63) is 64.1 Å². The smallest absolute Gasteiger partial charge is 0.226 e. The molecule has 0 heterocycles. The molecule has 0 saturated heterocycles. The summed E-state index contributed by atoms with van der Waals surface area (Å²) in [6, 6.07) is 15.6. The van der Waals surface area contributed by atoms with Crippen molar-refractivity contribution in [2.24, 2.45) is 4.99 Å². The monoisotopic (exact) mass is 574 g/mol. The number of amides is 1. The molecule has 2 rings (SSSR count). The van der Waals surface area contributed by atoms with Gasteiger partial charge in [-0.25, -0.2) is 0 Å². The van der Waals surface area contributed by atoms with E-state index >= 15 is 0 Å². The van der Waals surface area contributed by atoms with E-state index in [1.54, 1.807) is 7.05 Å². The summed E-state index contributed by atoms with van der Waals surface area (Å²) in [5.74, 6) is 0.510. The van der Waals surface area contributed by atoms with Gasteiger partial charge in [0.25, 0.3) is 0 Å². The minimum atomic E-state index is -0.0640. The van der Waals surface area contributed by atoms with Crippen LogP contribution in [0.15, 0.2) is 58.0 Å². The molecule has 4 N–H and O–H groups in total. The normalized spacial score (nSPS) is 11.9. The number of benzene rings is 2. The van der Waals surface area contributed by atoms with Crippen LogP contribution < -0.4 is 16.0 Å². The summed E-state index contributed by atoms with van der Waals surface area (Å²) in [7, 11) is 1.68. The fourth-order valence-electron chi connectivity index (χ4n) is 2.73. The van der Waals surface area contributed by atoms with Gasteiger partial charge in [-0.1, -0.05) is 46.3 Å². The van der Waals surface area contributed by atoms with Crippen LogP contribution in [-0.4, -0.2) is 43.7 Å². The first-order valence-electron chi connectivity index (χ1n) is 9.19. The molecule has 2 aromatic rings. The average molecular weight is 575 g/mol. The van der Waals surface area contributed by atoms with Crippen molar-refractivity contribution in [2.75, 3.05) is 32.1 Å². The molecule has 0 aliphatic rings. The van der Waals surface area contributed by atoms with Crippen LogP contribution in [0.5, 0.6) is 0 Å². The van der Waals surface area contributed by atoms with Crippen molar-refractivity contribution < 1.29 is 9.90 Å². The molecule has 1 atom stereocenters. The van der Waals surface area contributed by atoms with Crippen molar-refractivity contribution in [1.82, 2.24) is 10.6 Å². The van der Waals surface area contributed by atoms with E-state index in [4.69, 9.17) is 0 Å². The standard InChI is InChI=1S/C21H27BrN4O2.HI/c1-15-12-18(22)8-9-19(15)26-20(28)10-11-24-21(23-2)25-13-17(14-27)16-6-4-3-5-7-16;/h3-9,12,17,27H,10-11,13-14H2,1-2H3,(H,26,28)(H2,23,24,25);1H. The number of aliphatic imine (C=N–C) groups is 1. The minimum absolute atomic E-state index is 0. The van der Waals surface area contributed by atoms with Gasteiger partial charge in [-0.15, -0.1) is 24.0 Å². The highest BCUT2D eigenvalue weighted by atomic mass is 127. The molecule has 0 aromatic heterocycles. The maximum atomic E-state index is 12.2. The molecule has 1 unspecified atom stereocenters. The van der Waals surface area contributed by atoms with E-state index in [0.29, 0.717) is 25.5 Å². The van der Waals surface area contributed by atoms with Crippen LogP contribution >= 0.6 is 39.9 Å². The molecular weight excluding hydrogens is 547 g/mol. The van der Waals surface area contributed by atoms with Crippen LogP contribution in [0.1, 0.15) is 23.5 Å². The minimum Gasteiger partial charge on any atom is -0.396 e. The Morgan fingerprint density at radius 1 is 1.17 bits per heavy atom. The summed E-state index contributed by atoms with van der Waals surface area (Å²) >= 11 is 3.41. The summed E-state index contributed by atoms with van der Waals surface area (Å²) in [4.78, 5) is 16.3. The van der Waals surface area contributed by atoms with Gasteiger partial charge in [0, 0.05) is 42.6 Å². The lowest BCUT2D eigenvalue weighted by atomic mass is 10.0. The van der Waals surface area contributed by atoms with Crippen LogP contribution in [0.2, 0.25) is 0 Å². The van der Waals surface area contributed by atoms with E-state index in [2.05, 4.69) is 36.9 Å². The highest BCUT2D eigenvalue weighted by Gasteiger charge is 2.11.